The van der Waals surface area contributed by atoms with E-state index in [1.807, 2.05) is 18.2 Å². The Balaban J connectivity index is 1.66. The van der Waals surface area contributed by atoms with Crippen LogP contribution in [0.25, 0.3) is 0 Å². The van der Waals surface area contributed by atoms with E-state index in [4.69, 9.17) is 4.84 Å². The van der Waals surface area contributed by atoms with Crippen molar-refractivity contribution < 1.29 is 13.6 Å². The molecule has 1 aromatic heterocycles. The zero-order valence-electron chi connectivity index (χ0n) is 11.7. The third-order valence-electron chi connectivity index (χ3n) is 3.09. The first-order chi connectivity index (χ1) is 10.7. The molecule has 1 aromatic carbocycles. The number of hydrogen-bond donors (Lipinski definition) is 1. The fraction of sp³-hybridized carbons (Fsp3) is 0.200. The van der Waals surface area contributed by atoms with Gasteiger partial charge in [-0.05, 0) is 24.3 Å². The predicted octanol–water partition coefficient (Wildman–Crippen LogP) is 2.58. The minimum Gasteiger partial charge on any atom is -0.320 e. The normalized spacial score (nSPS) is 14.1. The zero-order chi connectivity index (χ0) is 15.4. The van der Waals surface area contributed by atoms with Crippen molar-refractivity contribution in [3.05, 3.63) is 59.9 Å². The maximum absolute atomic E-state index is 13.7. The van der Waals surface area contributed by atoms with Crippen LogP contribution >= 0.6 is 0 Å². The van der Waals surface area contributed by atoms with E-state index >= 15 is 0 Å². The second-order valence-corrected chi connectivity index (χ2v) is 4.62. The molecule has 0 bridgehead atoms. The van der Waals surface area contributed by atoms with E-state index in [1.54, 1.807) is 6.20 Å². The third-order valence-corrected chi connectivity index (χ3v) is 3.09. The van der Waals surface area contributed by atoms with Crippen LogP contribution in [0.1, 0.15) is 5.69 Å². The van der Waals surface area contributed by atoms with Gasteiger partial charge in [0.25, 0.3) is 0 Å². The van der Waals surface area contributed by atoms with Gasteiger partial charge >= 0.3 is 0 Å². The molecular formula is C15H14F2N4O. The van der Waals surface area contributed by atoms with Crippen molar-refractivity contribution >= 4 is 11.6 Å². The lowest BCUT2D eigenvalue weighted by atomic mass is 10.3. The smallest absolute Gasteiger partial charge is 0.223 e. The van der Waals surface area contributed by atoms with Gasteiger partial charge in [-0.25, -0.2) is 18.8 Å². The first kappa shape index (κ1) is 14.4. The standard InChI is InChI=1S/C15H14F2N4O/c16-12-5-3-6-13(17)14(12)20-15-19-8-9-21(15)22-10-11-4-1-2-7-18-11/h1-7H,8-10H2,(H,19,20). The molecular weight excluding hydrogens is 290 g/mol. The topological polar surface area (TPSA) is 49.8 Å². The quantitative estimate of drug-likeness (QED) is 0.943. The maximum atomic E-state index is 13.7. The van der Waals surface area contributed by atoms with Crippen molar-refractivity contribution in [3.63, 3.8) is 0 Å². The molecule has 1 aliphatic rings. The zero-order valence-corrected chi connectivity index (χ0v) is 11.7. The number of pyridine rings is 1. The number of guanidine groups is 1. The van der Waals surface area contributed by atoms with E-state index in [-0.39, 0.29) is 18.3 Å². The molecule has 5 nitrogen and oxygen atoms in total. The number of nitrogens with zero attached hydrogens (tertiary/aromatic N) is 3. The van der Waals surface area contributed by atoms with E-state index in [0.29, 0.717) is 13.1 Å². The van der Waals surface area contributed by atoms with Gasteiger partial charge < -0.3 is 5.32 Å². The maximum Gasteiger partial charge on any atom is 0.223 e. The molecule has 0 radical (unpaired) electrons. The van der Waals surface area contributed by atoms with Crippen molar-refractivity contribution in [2.45, 2.75) is 6.61 Å². The number of aliphatic imine (C=N–C) groups is 1. The molecule has 0 saturated carbocycles. The molecule has 7 heteroatoms. The molecule has 0 unspecified atom stereocenters. The SMILES string of the molecule is Fc1cccc(F)c1NC1=NCCN1OCc1ccccn1. The molecule has 2 aromatic rings. The average molecular weight is 304 g/mol. The summed E-state index contributed by atoms with van der Waals surface area (Å²) in [5.74, 6) is -1.08. The Bertz CT molecular complexity index is 658. The van der Waals surface area contributed by atoms with Gasteiger partial charge in [-0.2, -0.15) is 0 Å². The number of para-hydroxylation sites is 1. The highest BCUT2D eigenvalue weighted by Gasteiger charge is 2.21. The Morgan fingerprint density at radius 1 is 1.14 bits per heavy atom. The Kier molecular flexibility index (Phi) is 4.24. The summed E-state index contributed by atoms with van der Waals surface area (Å²) in [4.78, 5) is 13.9. The molecule has 0 aliphatic carbocycles. The first-order valence-corrected chi connectivity index (χ1v) is 6.80. The van der Waals surface area contributed by atoms with Crippen LogP contribution < -0.4 is 5.32 Å². The van der Waals surface area contributed by atoms with Gasteiger partial charge in [0.1, 0.15) is 23.9 Å². The molecule has 2 heterocycles. The molecule has 1 N–H and O–H groups in total. The summed E-state index contributed by atoms with van der Waals surface area (Å²) in [6.45, 7) is 1.24. The van der Waals surface area contributed by atoms with Gasteiger partial charge in [0.15, 0.2) is 0 Å². The van der Waals surface area contributed by atoms with Crippen LogP contribution in [0.15, 0.2) is 47.6 Å². The fourth-order valence-electron chi connectivity index (χ4n) is 2.02. The summed E-state index contributed by atoms with van der Waals surface area (Å²) in [5, 5.41) is 4.12. The second-order valence-electron chi connectivity index (χ2n) is 4.62. The van der Waals surface area contributed by atoms with E-state index < -0.39 is 11.6 Å². The largest absolute Gasteiger partial charge is 0.320 e. The number of hydroxylamine groups is 2. The van der Waals surface area contributed by atoms with Crippen LogP contribution in [0.5, 0.6) is 0 Å². The van der Waals surface area contributed by atoms with Gasteiger partial charge in [-0.1, -0.05) is 12.1 Å². The van der Waals surface area contributed by atoms with Crippen molar-refractivity contribution in [3.8, 4) is 0 Å². The summed E-state index contributed by atoms with van der Waals surface area (Å²) in [6, 6.07) is 9.17. The molecule has 3 rings (SSSR count). The van der Waals surface area contributed by atoms with Crippen LogP contribution in [0.2, 0.25) is 0 Å². The molecule has 1 aliphatic heterocycles. The van der Waals surface area contributed by atoms with E-state index in [9.17, 15) is 8.78 Å². The monoisotopic (exact) mass is 304 g/mol. The lowest BCUT2D eigenvalue weighted by Gasteiger charge is -2.20. The molecule has 22 heavy (non-hydrogen) atoms. The van der Waals surface area contributed by atoms with Crippen LogP contribution in [0.3, 0.4) is 0 Å². The summed E-state index contributed by atoms with van der Waals surface area (Å²) in [6.07, 6.45) is 1.67. The van der Waals surface area contributed by atoms with Crippen molar-refractivity contribution in [1.82, 2.24) is 10.0 Å². The highest BCUT2D eigenvalue weighted by atomic mass is 19.1. The van der Waals surface area contributed by atoms with Crippen LogP contribution in [-0.4, -0.2) is 29.1 Å². The number of nitrogens with one attached hydrogen (secondary N) is 1. The second kappa shape index (κ2) is 6.48. The predicted molar refractivity (Wildman–Crippen MR) is 78.0 cm³/mol. The fourth-order valence-corrected chi connectivity index (χ4v) is 2.02. The van der Waals surface area contributed by atoms with Gasteiger partial charge in [0.05, 0.1) is 18.8 Å². The highest BCUT2D eigenvalue weighted by Crippen LogP contribution is 2.19. The lowest BCUT2D eigenvalue weighted by Crippen LogP contribution is -2.33. The summed E-state index contributed by atoms with van der Waals surface area (Å²) >= 11 is 0. The third kappa shape index (κ3) is 3.20. The average Bonchev–Trinajstić information content (AvgIpc) is 2.97. The van der Waals surface area contributed by atoms with Crippen molar-refractivity contribution in [2.24, 2.45) is 4.99 Å². The number of aromatic nitrogens is 1. The Hall–Kier alpha value is -2.54. The molecule has 0 spiro atoms. The van der Waals surface area contributed by atoms with Gasteiger partial charge in [-0.3, -0.25) is 9.82 Å². The van der Waals surface area contributed by atoms with Crippen LogP contribution in [-0.2, 0) is 11.4 Å². The van der Waals surface area contributed by atoms with Gasteiger partial charge in [0.2, 0.25) is 5.96 Å². The number of rotatable bonds is 4. The number of halogens is 2. The Morgan fingerprint density at radius 3 is 2.68 bits per heavy atom. The van der Waals surface area contributed by atoms with E-state index in [0.717, 1.165) is 5.69 Å². The Morgan fingerprint density at radius 2 is 1.95 bits per heavy atom. The van der Waals surface area contributed by atoms with Gasteiger partial charge in [0, 0.05) is 6.20 Å². The molecule has 0 amide bonds. The van der Waals surface area contributed by atoms with Crippen molar-refractivity contribution in [1.29, 1.82) is 0 Å². The molecule has 114 valence electrons. The van der Waals surface area contributed by atoms with Crippen LogP contribution in [0.4, 0.5) is 14.5 Å². The summed E-state index contributed by atoms with van der Waals surface area (Å²) in [5.41, 5.74) is 0.514. The molecule has 0 saturated heterocycles. The minimum atomic E-state index is -0.681. The summed E-state index contributed by atoms with van der Waals surface area (Å²) < 4.78 is 27.3. The number of hydrogen-bond acceptors (Lipinski definition) is 5. The van der Waals surface area contributed by atoms with Gasteiger partial charge in [-0.15, -0.1) is 0 Å². The molecule has 0 atom stereocenters. The van der Waals surface area contributed by atoms with Crippen LogP contribution in [0, 0.1) is 11.6 Å². The van der Waals surface area contributed by atoms with E-state index in [1.165, 1.54) is 23.3 Å². The first-order valence-electron chi connectivity index (χ1n) is 6.80. The number of anilines is 1. The lowest BCUT2D eigenvalue weighted by molar-refractivity contribution is -0.104. The minimum absolute atomic E-state index is 0.241. The molecule has 0 fully saturated rings. The Labute approximate surface area is 126 Å². The van der Waals surface area contributed by atoms with Crippen molar-refractivity contribution in [2.75, 3.05) is 18.4 Å². The summed E-state index contributed by atoms with van der Waals surface area (Å²) in [7, 11) is 0. The van der Waals surface area contributed by atoms with E-state index in [2.05, 4.69) is 15.3 Å². The number of benzene rings is 1. The highest BCUT2D eigenvalue weighted by molar-refractivity contribution is 5.94.